The Kier molecular flexibility index (Phi) is 6.07. The summed E-state index contributed by atoms with van der Waals surface area (Å²) in [5.74, 6) is 0.957. The molecular weight excluding hydrogens is 420 g/mol. The summed E-state index contributed by atoms with van der Waals surface area (Å²) in [6.07, 6.45) is 5.42. The van der Waals surface area contributed by atoms with Crippen LogP contribution in [0.5, 0.6) is 0 Å². The third kappa shape index (κ3) is 4.33. The maximum Gasteiger partial charge on any atom is 0.329 e. The highest BCUT2D eigenvalue weighted by atomic mass is 32.2. The summed E-state index contributed by atoms with van der Waals surface area (Å²) in [6, 6.07) is 1.77. The minimum Gasteiger partial charge on any atom is -0.369 e. The zero-order chi connectivity index (χ0) is 22.0. The van der Waals surface area contributed by atoms with Gasteiger partial charge in [0.2, 0.25) is 11.9 Å². The van der Waals surface area contributed by atoms with Gasteiger partial charge in [0.25, 0.3) is 5.56 Å². The number of anilines is 1. The number of hydrogen-bond donors (Lipinski definition) is 2. The van der Waals surface area contributed by atoms with Crippen molar-refractivity contribution < 1.29 is 4.79 Å². The summed E-state index contributed by atoms with van der Waals surface area (Å²) in [7, 11) is 1.59. The van der Waals surface area contributed by atoms with Gasteiger partial charge in [0.05, 0.1) is 0 Å². The Bertz CT molecular complexity index is 1190. The lowest BCUT2D eigenvalue weighted by molar-refractivity contribution is -0.122. The molecular formula is C19H24N8O3S. The van der Waals surface area contributed by atoms with Gasteiger partial charge in [-0.15, -0.1) is 0 Å². The highest BCUT2D eigenvalue weighted by molar-refractivity contribution is 7.99. The number of piperidine rings is 1. The molecule has 0 radical (unpaired) electrons. The molecule has 0 spiro atoms. The standard InChI is InChI=1S/C19H24N8O3S/c1-25-15-13(16(29)24-19(25)30)27(8-3-11-31-17-21-6-2-7-22-17)18(23-15)26-9-4-12(5-10-26)14(20)28/h2,6-7,12H,3-5,8-11H2,1H3,(H2,20,28)(H,24,29,30). The molecule has 4 heterocycles. The minimum atomic E-state index is -0.502. The van der Waals surface area contributed by atoms with E-state index in [4.69, 9.17) is 5.73 Å². The molecule has 1 saturated heterocycles. The molecule has 164 valence electrons. The number of rotatable bonds is 7. The number of nitrogens with one attached hydrogen (secondary N) is 1. The Morgan fingerprint density at radius 3 is 2.65 bits per heavy atom. The number of imidazole rings is 1. The van der Waals surface area contributed by atoms with Crippen LogP contribution in [0.2, 0.25) is 0 Å². The number of fused-ring (bicyclic) bond motifs is 1. The van der Waals surface area contributed by atoms with Crippen LogP contribution in [0, 0.1) is 5.92 Å². The number of primary amides is 1. The van der Waals surface area contributed by atoms with Gasteiger partial charge in [0.1, 0.15) is 0 Å². The smallest absolute Gasteiger partial charge is 0.329 e. The molecule has 3 N–H and O–H groups in total. The van der Waals surface area contributed by atoms with E-state index in [1.807, 2.05) is 4.57 Å². The second kappa shape index (κ2) is 8.92. The number of aromatic amines is 1. The molecule has 0 aliphatic carbocycles. The van der Waals surface area contributed by atoms with E-state index in [-0.39, 0.29) is 11.8 Å². The van der Waals surface area contributed by atoms with Gasteiger partial charge in [-0.3, -0.25) is 19.1 Å². The lowest BCUT2D eigenvalue weighted by atomic mass is 9.96. The number of aromatic nitrogens is 6. The van der Waals surface area contributed by atoms with Crippen LogP contribution in [0.1, 0.15) is 19.3 Å². The number of nitrogens with two attached hydrogens (primary N) is 1. The summed E-state index contributed by atoms with van der Waals surface area (Å²) in [4.78, 5) is 53.7. The molecule has 4 rings (SSSR count). The van der Waals surface area contributed by atoms with Crippen molar-refractivity contribution in [2.45, 2.75) is 31.0 Å². The maximum atomic E-state index is 12.6. The zero-order valence-electron chi connectivity index (χ0n) is 17.2. The molecule has 1 aliphatic heterocycles. The Morgan fingerprint density at radius 1 is 1.26 bits per heavy atom. The van der Waals surface area contributed by atoms with Crippen molar-refractivity contribution in [1.82, 2.24) is 29.1 Å². The van der Waals surface area contributed by atoms with E-state index in [1.54, 1.807) is 37.3 Å². The van der Waals surface area contributed by atoms with Gasteiger partial charge >= 0.3 is 5.69 Å². The number of aryl methyl sites for hydroxylation is 2. The van der Waals surface area contributed by atoms with E-state index in [9.17, 15) is 14.4 Å². The SMILES string of the molecule is Cn1c(=O)[nH]c(=O)c2c1nc(N1CCC(C(N)=O)CC1)n2CCCSc1ncccn1. The monoisotopic (exact) mass is 444 g/mol. The third-order valence-corrected chi connectivity index (χ3v) is 6.43. The minimum absolute atomic E-state index is 0.149. The van der Waals surface area contributed by atoms with E-state index < -0.39 is 11.2 Å². The van der Waals surface area contributed by atoms with Gasteiger partial charge in [-0.05, 0) is 25.3 Å². The molecule has 12 heteroatoms. The fraction of sp³-hybridized carbons (Fsp3) is 0.474. The number of H-pyrrole nitrogens is 1. The van der Waals surface area contributed by atoms with Crippen molar-refractivity contribution in [3.63, 3.8) is 0 Å². The maximum absolute atomic E-state index is 12.6. The summed E-state index contributed by atoms with van der Waals surface area (Å²) in [5.41, 5.74) is 5.21. The van der Waals surface area contributed by atoms with Crippen molar-refractivity contribution in [2.75, 3.05) is 23.7 Å². The zero-order valence-corrected chi connectivity index (χ0v) is 18.0. The van der Waals surface area contributed by atoms with Gasteiger partial charge < -0.3 is 15.2 Å². The normalized spacial score (nSPS) is 14.9. The van der Waals surface area contributed by atoms with Crippen molar-refractivity contribution >= 4 is 34.8 Å². The quantitative estimate of drug-likeness (QED) is 0.296. The molecule has 3 aromatic rings. The molecule has 1 amide bonds. The summed E-state index contributed by atoms with van der Waals surface area (Å²) >= 11 is 1.54. The highest BCUT2D eigenvalue weighted by Crippen LogP contribution is 2.26. The van der Waals surface area contributed by atoms with E-state index in [1.165, 1.54) is 4.57 Å². The number of nitrogens with zero attached hydrogens (tertiary/aromatic N) is 6. The molecule has 0 saturated carbocycles. The molecule has 0 unspecified atom stereocenters. The van der Waals surface area contributed by atoms with Crippen molar-refractivity contribution in [3.8, 4) is 0 Å². The average molecular weight is 445 g/mol. The molecule has 0 atom stereocenters. The molecule has 1 fully saturated rings. The second-order valence-corrected chi connectivity index (χ2v) is 8.51. The van der Waals surface area contributed by atoms with Crippen molar-refractivity contribution in [1.29, 1.82) is 0 Å². The van der Waals surface area contributed by atoms with Crippen LogP contribution in [0.3, 0.4) is 0 Å². The van der Waals surface area contributed by atoms with E-state index in [0.29, 0.717) is 54.7 Å². The van der Waals surface area contributed by atoms with Crippen LogP contribution in [-0.4, -0.2) is 53.8 Å². The fourth-order valence-corrected chi connectivity index (χ4v) is 4.51. The fourth-order valence-electron chi connectivity index (χ4n) is 3.79. The molecule has 0 bridgehead atoms. The van der Waals surface area contributed by atoms with E-state index in [0.717, 1.165) is 12.2 Å². The number of amides is 1. The van der Waals surface area contributed by atoms with Crippen LogP contribution in [0.25, 0.3) is 11.2 Å². The first kappa shape index (κ1) is 21.1. The first-order valence-electron chi connectivity index (χ1n) is 10.1. The summed E-state index contributed by atoms with van der Waals surface area (Å²) in [6.45, 7) is 1.76. The van der Waals surface area contributed by atoms with Crippen LogP contribution < -0.4 is 21.9 Å². The van der Waals surface area contributed by atoms with Gasteiger partial charge in [-0.25, -0.2) is 14.8 Å². The van der Waals surface area contributed by atoms with Crippen molar-refractivity contribution in [2.24, 2.45) is 18.7 Å². The van der Waals surface area contributed by atoms with Crippen LogP contribution in [-0.2, 0) is 18.4 Å². The average Bonchev–Trinajstić information content (AvgIpc) is 3.16. The Morgan fingerprint density at radius 2 is 1.97 bits per heavy atom. The van der Waals surface area contributed by atoms with Gasteiger partial charge in [-0.2, -0.15) is 4.98 Å². The highest BCUT2D eigenvalue weighted by Gasteiger charge is 2.27. The van der Waals surface area contributed by atoms with Crippen molar-refractivity contribution in [3.05, 3.63) is 39.3 Å². The Balaban J connectivity index is 1.61. The van der Waals surface area contributed by atoms with Crippen LogP contribution in [0.4, 0.5) is 5.95 Å². The number of thioether (sulfide) groups is 1. The summed E-state index contributed by atoms with van der Waals surface area (Å²) in [5, 5.41) is 0.701. The number of carbonyl (C=O) groups excluding carboxylic acids is 1. The molecule has 31 heavy (non-hydrogen) atoms. The largest absolute Gasteiger partial charge is 0.369 e. The predicted molar refractivity (Wildman–Crippen MR) is 117 cm³/mol. The third-order valence-electron chi connectivity index (χ3n) is 5.47. The topological polar surface area (TPSA) is 145 Å². The summed E-state index contributed by atoms with van der Waals surface area (Å²) < 4.78 is 3.21. The van der Waals surface area contributed by atoms with Gasteiger partial charge in [0, 0.05) is 50.7 Å². The Labute approximate surface area is 181 Å². The number of hydrogen-bond acceptors (Lipinski definition) is 8. The second-order valence-electron chi connectivity index (χ2n) is 7.45. The van der Waals surface area contributed by atoms with E-state index >= 15 is 0 Å². The predicted octanol–water partition coefficient (Wildman–Crippen LogP) is 0.0974. The van der Waals surface area contributed by atoms with Crippen LogP contribution >= 0.6 is 11.8 Å². The molecule has 1 aliphatic rings. The molecule has 11 nitrogen and oxygen atoms in total. The number of carbonyl (C=O) groups is 1. The molecule has 3 aromatic heterocycles. The first-order valence-corrected chi connectivity index (χ1v) is 11.1. The lowest BCUT2D eigenvalue weighted by Gasteiger charge is -2.31. The van der Waals surface area contributed by atoms with Gasteiger partial charge in [0.15, 0.2) is 16.3 Å². The lowest BCUT2D eigenvalue weighted by Crippen LogP contribution is -2.39. The first-order chi connectivity index (χ1) is 15.0. The molecule has 0 aromatic carbocycles. The van der Waals surface area contributed by atoms with Gasteiger partial charge in [-0.1, -0.05) is 11.8 Å². The Hall–Kier alpha value is -3.15. The van der Waals surface area contributed by atoms with E-state index in [2.05, 4.69) is 24.8 Å². The van der Waals surface area contributed by atoms with Crippen LogP contribution in [0.15, 0.2) is 33.2 Å².